The molecular weight excluding hydrogens is 292 g/mol. The number of aromatic nitrogens is 3. The van der Waals surface area contributed by atoms with Gasteiger partial charge in [-0.25, -0.2) is 9.97 Å². The van der Waals surface area contributed by atoms with Gasteiger partial charge in [0.05, 0.1) is 5.37 Å². The molecule has 0 N–H and O–H groups in total. The highest BCUT2D eigenvalue weighted by Gasteiger charge is 2.28. The van der Waals surface area contributed by atoms with Crippen LogP contribution in [0.25, 0.3) is 11.2 Å². The monoisotopic (exact) mass is 316 g/mol. The second kappa shape index (κ2) is 6.20. The van der Waals surface area contributed by atoms with E-state index < -0.39 is 0 Å². The molecule has 0 aromatic carbocycles. The predicted octanol–water partition coefficient (Wildman–Crippen LogP) is 3.66. The van der Waals surface area contributed by atoms with Crippen molar-refractivity contribution >= 4 is 22.9 Å². The van der Waals surface area contributed by atoms with Gasteiger partial charge in [-0.2, -0.15) is 0 Å². The van der Waals surface area contributed by atoms with Crippen molar-refractivity contribution in [1.82, 2.24) is 19.4 Å². The number of hydrogen-bond acceptors (Lipinski definition) is 4. The Labute approximate surface area is 136 Å². The van der Waals surface area contributed by atoms with E-state index in [1.807, 2.05) is 12.3 Å². The lowest BCUT2D eigenvalue weighted by atomic mass is 9.96. The van der Waals surface area contributed by atoms with Crippen LogP contribution in [0.5, 0.6) is 0 Å². The fourth-order valence-electron chi connectivity index (χ4n) is 3.71. The van der Waals surface area contributed by atoms with Gasteiger partial charge in [0, 0.05) is 12.1 Å². The molecule has 2 aromatic heterocycles. The number of thioether (sulfide) groups is 1. The van der Waals surface area contributed by atoms with E-state index in [-0.39, 0.29) is 0 Å². The molecule has 0 spiro atoms. The smallest absolute Gasteiger partial charge is 0.160 e. The van der Waals surface area contributed by atoms with Gasteiger partial charge in [-0.3, -0.25) is 4.57 Å². The number of hydrogen-bond donors (Lipinski definition) is 0. The van der Waals surface area contributed by atoms with Crippen LogP contribution in [0.4, 0.5) is 0 Å². The average Bonchev–Trinajstić information content (AvgIpc) is 2.96. The third kappa shape index (κ3) is 2.65. The van der Waals surface area contributed by atoms with Gasteiger partial charge in [0.15, 0.2) is 5.65 Å². The fraction of sp³-hybridized carbons (Fsp3) is 0.647. The SMILES string of the molecule is CN1CCC(c2nc3cccnc3n2C2CCCCS2)CC1. The summed E-state index contributed by atoms with van der Waals surface area (Å²) in [6, 6.07) is 4.12. The molecule has 118 valence electrons. The molecule has 0 radical (unpaired) electrons. The highest BCUT2D eigenvalue weighted by Crippen LogP contribution is 2.40. The summed E-state index contributed by atoms with van der Waals surface area (Å²) in [6.45, 7) is 2.36. The number of likely N-dealkylation sites (tertiary alicyclic amines) is 1. The molecule has 22 heavy (non-hydrogen) atoms. The van der Waals surface area contributed by atoms with Gasteiger partial charge in [-0.05, 0) is 70.1 Å². The topological polar surface area (TPSA) is 34.0 Å². The van der Waals surface area contributed by atoms with Gasteiger partial charge < -0.3 is 4.90 Å². The molecule has 2 saturated heterocycles. The summed E-state index contributed by atoms with van der Waals surface area (Å²) in [4.78, 5) is 12.1. The standard InChI is InChI=1S/C17H24N4S/c1-20-10-7-13(8-11-20)16-19-14-5-4-9-18-17(14)21(16)15-6-2-3-12-22-15/h4-5,9,13,15H,2-3,6-8,10-12H2,1H3. The van der Waals surface area contributed by atoms with Crippen molar-refractivity contribution in [3.05, 3.63) is 24.2 Å². The number of piperidine rings is 1. The predicted molar refractivity (Wildman–Crippen MR) is 92.3 cm³/mol. The van der Waals surface area contributed by atoms with E-state index >= 15 is 0 Å². The molecule has 0 amide bonds. The van der Waals surface area contributed by atoms with Crippen LogP contribution in [0.15, 0.2) is 18.3 Å². The lowest BCUT2D eigenvalue weighted by Gasteiger charge is -2.31. The summed E-state index contributed by atoms with van der Waals surface area (Å²) < 4.78 is 2.48. The van der Waals surface area contributed by atoms with E-state index in [1.165, 1.54) is 56.8 Å². The molecule has 2 aliphatic heterocycles. The summed E-state index contributed by atoms with van der Waals surface area (Å²) in [6.07, 6.45) is 8.29. The number of nitrogens with zero attached hydrogens (tertiary/aromatic N) is 4. The summed E-state index contributed by atoms with van der Waals surface area (Å²) in [5.74, 6) is 3.15. The third-order valence-electron chi connectivity index (χ3n) is 5.00. The first-order valence-corrected chi connectivity index (χ1v) is 9.51. The lowest BCUT2D eigenvalue weighted by Crippen LogP contribution is -2.30. The van der Waals surface area contributed by atoms with Crippen LogP contribution in [-0.2, 0) is 0 Å². The van der Waals surface area contributed by atoms with Crippen molar-refractivity contribution in [2.24, 2.45) is 0 Å². The molecule has 4 rings (SSSR count). The Hall–Kier alpha value is -1.07. The maximum absolute atomic E-state index is 5.01. The zero-order chi connectivity index (χ0) is 14.9. The van der Waals surface area contributed by atoms with Crippen LogP contribution in [0, 0.1) is 0 Å². The molecule has 2 fully saturated rings. The Morgan fingerprint density at radius 3 is 2.82 bits per heavy atom. The van der Waals surface area contributed by atoms with E-state index in [2.05, 4.69) is 39.3 Å². The van der Waals surface area contributed by atoms with Gasteiger partial charge in [0.1, 0.15) is 11.3 Å². The Kier molecular flexibility index (Phi) is 4.09. The van der Waals surface area contributed by atoms with E-state index in [0.717, 1.165) is 11.2 Å². The van der Waals surface area contributed by atoms with E-state index in [9.17, 15) is 0 Å². The maximum atomic E-state index is 5.01. The van der Waals surface area contributed by atoms with Crippen molar-refractivity contribution in [2.75, 3.05) is 25.9 Å². The first-order valence-electron chi connectivity index (χ1n) is 8.46. The second-order valence-electron chi connectivity index (χ2n) is 6.58. The largest absolute Gasteiger partial charge is 0.306 e. The molecule has 4 heterocycles. The average molecular weight is 316 g/mol. The zero-order valence-corrected chi connectivity index (χ0v) is 14.1. The molecule has 1 unspecified atom stereocenters. The molecule has 0 bridgehead atoms. The summed E-state index contributed by atoms with van der Waals surface area (Å²) >= 11 is 2.09. The minimum atomic E-state index is 0.531. The van der Waals surface area contributed by atoms with Crippen LogP contribution >= 0.6 is 11.8 Å². The van der Waals surface area contributed by atoms with Crippen molar-refractivity contribution < 1.29 is 0 Å². The number of rotatable bonds is 2. The summed E-state index contributed by atoms with van der Waals surface area (Å²) in [5.41, 5.74) is 2.17. The maximum Gasteiger partial charge on any atom is 0.160 e. The molecule has 2 aromatic rings. The zero-order valence-electron chi connectivity index (χ0n) is 13.2. The Morgan fingerprint density at radius 2 is 2.05 bits per heavy atom. The van der Waals surface area contributed by atoms with E-state index in [1.54, 1.807) is 0 Å². The first-order chi connectivity index (χ1) is 10.8. The van der Waals surface area contributed by atoms with Gasteiger partial charge in [-0.1, -0.05) is 0 Å². The van der Waals surface area contributed by atoms with Crippen LogP contribution < -0.4 is 0 Å². The highest BCUT2D eigenvalue weighted by molar-refractivity contribution is 7.99. The van der Waals surface area contributed by atoms with Gasteiger partial charge >= 0.3 is 0 Å². The van der Waals surface area contributed by atoms with Crippen LogP contribution in [0.2, 0.25) is 0 Å². The molecule has 5 heteroatoms. The van der Waals surface area contributed by atoms with E-state index in [0.29, 0.717) is 11.3 Å². The molecule has 4 nitrogen and oxygen atoms in total. The summed E-state index contributed by atoms with van der Waals surface area (Å²) in [5, 5.41) is 0.531. The first kappa shape index (κ1) is 14.5. The number of pyridine rings is 1. The summed E-state index contributed by atoms with van der Waals surface area (Å²) in [7, 11) is 2.22. The second-order valence-corrected chi connectivity index (χ2v) is 7.87. The van der Waals surface area contributed by atoms with E-state index in [4.69, 9.17) is 4.98 Å². The normalized spacial score (nSPS) is 24.9. The molecule has 0 aliphatic carbocycles. The van der Waals surface area contributed by atoms with Crippen molar-refractivity contribution in [2.45, 2.75) is 43.4 Å². The molecule has 1 atom stereocenters. The fourth-order valence-corrected chi connectivity index (χ4v) is 5.05. The Bertz CT molecular complexity index is 639. The van der Waals surface area contributed by atoms with Gasteiger partial charge in [0.2, 0.25) is 0 Å². The van der Waals surface area contributed by atoms with Crippen LogP contribution in [0.1, 0.15) is 49.2 Å². The highest BCUT2D eigenvalue weighted by atomic mass is 32.2. The van der Waals surface area contributed by atoms with Crippen LogP contribution in [-0.4, -0.2) is 45.3 Å². The minimum Gasteiger partial charge on any atom is -0.306 e. The minimum absolute atomic E-state index is 0.531. The quantitative estimate of drug-likeness (QED) is 0.847. The van der Waals surface area contributed by atoms with Crippen molar-refractivity contribution in [3.8, 4) is 0 Å². The number of imidazole rings is 1. The van der Waals surface area contributed by atoms with Crippen LogP contribution in [0.3, 0.4) is 0 Å². The molecule has 0 saturated carbocycles. The molecular formula is C17H24N4S. The lowest BCUT2D eigenvalue weighted by molar-refractivity contribution is 0.248. The number of fused-ring (bicyclic) bond motifs is 1. The molecule has 2 aliphatic rings. The van der Waals surface area contributed by atoms with Gasteiger partial charge in [-0.15, -0.1) is 11.8 Å². The van der Waals surface area contributed by atoms with Gasteiger partial charge in [0.25, 0.3) is 0 Å². The van der Waals surface area contributed by atoms with Crippen molar-refractivity contribution in [3.63, 3.8) is 0 Å². The third-order valence-corrected chi connectivity index (χ3v) is 6.36. The Morgan fingerprint density at radius 1 is 1.18 bits per heavy atom. The Balaban J connectivity index is 1.75. The van der Waals surface area contributed by atoms with Crippen molar-refractivity contribution in [1.29, 1.82) is 0 Å².